The zero-order valence-corrected chi connectivity index (χ0v) is 13.4. The highest BCUT2D eigenvalue weighted by molar-refractivity contribution is 7.19. The summed E-state index contributed by atoms with van der Waals surface area (Å²) in [6, 6.07) is 9.97. The SMILES string of the molecule is C#CCn1c(CC)nc2sc(C)c(-c3ccccc3)c2c1=O. The molecule has 4 heteroatoms. The molecule has 2 aromatic heterocycles. The van der Waals surface area contributed by atoms with E-state index in [1.165, 1.54) is 0 Å². The number of rotatable bonds is 3. The number of fused-ring (bicyclic) bond motifs is 1. The monoisotopic (exact) mass is 308 g/mol. The molecule has 1 aromatic carbocycles. The average molecular weight is 308 g/mol. The van der Waals surface area contributed by atoms with Gasteiger partial charge in [0.2, 0.25) is 0 Å². The summed E-state index contributed by atoms with van der Waals surface area (Å²) in [5, 5.41) is 0.682. The van der Waals surface area contributed by atoms with Crippen molar-refractivity contribution in [3.8, 4) is 23.5 Å². The van der Waals surface area contributed by atoms with Crippen molar-refractivity contribution < 1.29 is 0 Å². The highest BCUT2D eigenvalue weighted by Crippen LogP contribution is 2.35. The van der Waals surface area contributed by atoms with Crippen molar-refractivity contribution in [2.45, 2.75) is 26.8 Å². The number of benzene rings is 1. The van der Waals surface area contributed by atoms with Crippen LogP contribution in [0, 0.1) is 19.3 Å². The van der Waals surface area contributed by atoms with E-state index in [1.807, 2.05) is 44.2 Å². The second-order valence-corrected chi connectivity index (χ2v) is 6.26. The minimum atomic E-state index is -0.0389. The predicted octanol–water partition coefficient (Wildman–Crippen LogP) is 3.63. The summed E-state index contributed by atoms with van der Waals surface area (Å²) in [5.74, 6) is 3.30. The molecule has 3 nitrogen and oxygen atoms in total. The average Bonchev–Trinajstić information content (AvgIpc) is 2.87. The Morgan fingerprint density at radius 1 is 1.32 bits per heavy atom. The van der Waals surface area contributed by atoms with Crippen LogP contribution in [0.2, 0.25) is 0 Å². The van der Waals surface area contributed by atoms with Gasteiger partial charge in [-0.2, -0.15) is 0 Å². The number of hydrogen-bond donors (Lipinski definition) is 0. The molecule has 110 valence electrons. The first-order valence-corrected chi connectivity index (χ1v) is 8.00. The van der Waals surface area contributed by atoms with Crippen LogP contribution in [0.3, 0.4) is 0 Å². The van der Waals surface area contributed by atoms with Crippen LogP contribution < -0.4 is 5.56 Å². The third kappa shape index (κ3) is 2.24. The van der Waals surface area contributed by atoms with Gasteiger partial charge in [0.15, 0.2) is 0 Å². The number of aryl methyl sites for hydroxylation is 2. The van der Waals surface area contributed by atoms with Gasteiger partial charge in [0, 0.05) is 16.9 Å². The van der Waals surface area contributed by atoms with E-state index >= 15 is 0 Å². The van der Waals surface area contributed by atoms with Crippen LogP contribution in [0.5, 0.6) is 0 Å². The molecule has 0 amide bonds. The van der Waals surface area contributed by atoms with Crippen molar-refractivity contribution >= 4 is 21.6 Å². The molecule has 0 radical (unpaired) electrons. The van der Waals surface area contributed by atoms with Crippen LogP contribution in [0.25, 0.3) is 21.3 Å². The molecule has 3 aromatic rings. The fourth-order valence-electron chi connectivity index (χ4n) is 2.71. The Balaban J connectivity index is 2.41. The third-order valence-corrected chi connectivity index (χ3v) is 4.69. The van der Waals surface area contributed by atoms with Crippen molar-refractivity contribution in [2.75, 3.05) is 0 Å². The second-order valence-electron chi connectivity index (χ2n) is 5.06. The lowest BCUT2D eigenvalue weighted by Crippen LogP contribution is -2.24. The summed E-state index contributed by atoms with van der Waals surface area (Å²) in [6.07, 6.45) is 6.10. The topological polar surface area (TPSA) is 34.9 Å². The molecule has 0 bridgehead atoms. The van der Waals surface area contributed by atoms with Crippen LogP contribution in [-0.2, 0) is 13.0 Å². The standard InChI is InChI=1S/C18H16N2OS/c1-4-11-20-14(5-2)19-17-16(18(20)21)15(12(3)22-17)13-9-7-6-8-10-13/h1,6-10H,5,11H2,2-3H3. The Labute approximate surface area is 133 Å². The molecule has 0 aliphatic heterocycles. The molecule has 0 aliphatic rings. The van der Waals surface area contributed by atoms with Crippen LogP contribution in [0.4, 0.5) is 0 Å². The lowest BCUT2D eigenvalue weighted by Gasteiger charge is -2.08. The fraction of sp³-hybridized carbons (Fsp3) is 0.222. The maximum atomic E-state index is 12.9. The first kappa shape index (κ1) is 14.6. The minimum absolute atomic E-state index is 0.0389. The van der Waals surface area contributed by atoms with Crippen molar-refractivity contribution in [1.82, 2.24) is 9.55 Å². The zero-order valence-electron chi connectivity index (χ0n) is 12.6. The van der Waals surface area contributed by atoms with Crippen LogP contribution in [0.15, 0.2) is 35.1 Å². The Morgan fingerprint density at radius 2 is 2.05 bits per heavy atom. The molecule has 3 rings (SSSR count). The third-order valence-electron chi connectivity index (χ3n) is 3.69. The van der Waals surface area contributed by atoms with Gasteiger partial charge in [-0.3, -0.25) is 9.36 Å². The molecule has 0 fully saturated rings. The summed E-state index contributed by atoms with van der Waals surface area (Å²) < 4.78 is 1.61. The van der Waals surface area contributed by atoms with Gasteiger partial charge < -0.3 is 0 Å². The van der Waals surface area contributed by atoms with E-state index in [1.54, 1.807) is 15.9 Å². The van der Waals surface area contributed by atoms with Crippen molar-refractivity contribution in [3.05, 3.63) is 51.4 Å². The summed E-state index contributed by atoms with van der Waals surface area (Å²) >= 11 is 1.57. The van der Waals surface area contributed by atoms with Gasteiger partial charge in [0.25, 0.3) is 5.56 Å². The predicted molar refractivity (Wildman–Crippen MR) is 92.3 cm³/mol. The van der Waals surface area contributed by atoms with Gasteiger partial charge in [-0.1, -0.05) is 43.2 Å². The van der Waals surface area contributed by atoms with Gasteiger partial charge in [-0.15, -0.1) is 17.8 Å². The quantitative estimate of drug-likeness (QED) is 0.693. The van der Waals surface area contributed by atoms with Crippen molar-refractivity contribution in [1.29, 1.82) is 0 Å². The number of terminal acetylenes is 1. The second kappa shape index (κ2) is 5.78. The molecule has 0 atom stereocenters. The number of aromatic nitrogens is 2. The normalized spacial score (nSPS) is 10.8. The Kier molecular flexibility index (Phi) is 3.82. The number of nitrogens with zero attached hydrogens (tertiary/aromatic N) is 2. The molecule has 0 unspecified atom stereocenters. The number of thiophene rings is 1. The Morgan fingerprint density at radius 3 is 2.68 bits per heavy atom. The molecule has 2 heterocycles. The lowest BCUT2D eigenvalue weighted by molar-refractivity contribution is 0.712. The van der Waals surface area contributed by atoms with E-state index in [2.05, 4.69) is 10.9 Å². The van der Waals surface area contributed by atoms with Gasteiger partial charge in [0.1, 0.15) is 10.7 Å². The van der Waals surface area contributed by atoms with E-state index in [0.29, 0.717) is 11.8 Å². The summed E-state index contributed by atoms with van der Waals surface area (Å²) in [7, 11) is 0. The molecule has 0 aliphatic carbocycles. The van der Waals surface area contributed by atoms with Gasteiger partial charge in [0.05, 0.1) is 11.9 Å². The van der Waals surface area contributed by atoms with E-state index in [0.717, 1.165) is 26.7 Å². The van der Waals surface area contributed by atoms with E-state index < -0.39 is 0 Å². The molecule has 0 saturated carbocycles. The van der Waals surface area contributed by atoms with Crippen molar-refractivity contribution in [2.24, 2.45) is 0 Å². The Hall–Kier alpha value is -2.38. The maximum absolute atomic E-state index is 12.9. The summed E-state index contributed by atoms with van der Waals surface area (Å²) in [5.41, 5.74) is 1.98. The van der Waals surface area contributed by atoms with Gasteiger partial charge in [-0.25, -0.2) is 4.98 Å². The minimum Gasteiger partial charge on any atom is -0.284 e. The Bertz CT molecular complexity index is 930. The fourth-order valence-corrected chi connectivity index (χ4v) is 3.77. The van der Waals surface area contributed by atoms with Crippen LogP contribution in [0.1, 0.15) is 17.6 Å². The van der Waals surface area contributed by atoms with Crippen LogP contribution in [-0.4, -0.2) is 9.55 Å². The number of hydrogen-bond acceptors (Lipinski definition) is 3. The van der Waals surface area contributed by atoms with Gasteiger partial charge >= 0.3 is 0 Å². The zero-order chi connectivity index (χ0) is 15.7. The molecule has 0 spiro atoms. The van der Waals surface area contributed by atoms with E-state index in [9.17, 15) is 4.79 Å². The molecular formula is C18H16N2OS. The summed E-state index contributed by atoms with van der Waals surface area (Å²) in [4.78, 5) is 19.5. The molecule has 22 heavy (non-hydrogen) atoms. The van der Waals surface area contributed by atoms with E-state index in [-0.39, 0.29) is 12.1 Å². The molecule has 0 saturated heterocycles. The molecule has 0 N–H and O–H groups in total. The smallest absolute Gasteiger partial charge is 0.263 e. The van der Waals surface area contributed by atoms with Crippen LogP contribution >= 0.6 is 11.3 Å². The molecular weight excluding hydrogens is 292 g/mol. The largest absolute Gasteiger partial charge is 0.284 e. The summed E-state index contributed by atoms with van der Waals surface area (Å²) in [6.45, 7) is 4.28. The van der Waals surface area contributed by atoms with Gasteiger partial charge in [-0.05, 0) is 12.5 Å². The first-order chi connectivity index (χ1) is 10.7. The van der Waals surface area contributed by atoms with E-state index in [4.69, 9.17) is 6.42 Å². The lowest BCUT2D eigenvalue weighted by atomic mass is 10.0. The van der Waals surface area contributed by atoms with Crippen molar-refractivity contribution in [3.63, 3.8) is 0 Å². The highest BCUT2D eigenvalue weighted by atomic mass is 32.1. The highest BCUT2D eigenvalue weighted by Gasteiger charge is 2.18. The first-order valence-electron chi connectivity index (χ1n) is 7.19. The maximum Gasteiger partial charge on any atom is 0.263 e.